The summed E-state index contributed by atoms with van der Waals surface area (Å²) in [4.78, 5) is 36.9. The number of amidine groups is 3. The Labute approximate surface area is 426 Å². The van der Waals surface area contributed by atoms with Crippen molar-refractivity contribution in [1.82, 2.24) is 4.90 Å². The van der Waals surface area contributed by atoms with Crippen molar-refractivity contribution >= 4 is 104 Å². The van der Waals surface area contributed by atoms with Crippen molar-refractivity contribution in [2.24, 2.45) is 30.0 Å². The molecule has 6 heterocycles. The van der Waals surface area contributed by atoms with Crippen molar-refractivity contribution in [3.8, 4) is 22.3 Å². The molecule has 0 amide bonds. The molecule has 0 bridgehead atoms. The highest BCUT2D eigenvalue weighted by molar-refractivity contribution is 7.00. The molecular formula is C63H40BN9O. The lowest BCUT2D eigenvalue weighted by Crippen LogP contribution is -2.61. The number of hydrogen-bond acceptors (Lipinski definition) is 10. The number of guanidine groups is 3. The standard InChI is InChI=1S/C63H40BN9O/c1-39-36-52-55-53(37-39)72(48-33-28-43(29-34-48)41-18-8-3-9-19-41)56-49-24-14-15-25-54(49)74-57(56)64(55)50-35-30-46(38-51(50)71(52)47-31-26-42(27-32-47)40-16-6-2-7-17-40)60-69-62-67-58(44-20-10-4-11-21-44)65-61-66-59(45-22-12-5-13-23-45)68-63(70-60)73(61)62/h2-38H,1H3. The van der Waals surface area contributed by atoms with Crippen molar-refractivity contribution in [3.05, 3.63) is 247 Å². The van der Waals surface area contributed by atoms with Crippen LogP contribution in [0, 0.1) is 6.92 Å². The molecule has 10 nitrogen and oxygen atoms in total. The highest BCUT2D eigenvalue weighted by atomic mass is 16.3. The molecule has 0 unspecified atom stereocenters. The molecule has 346 valence electrons. The van der Waals surface area contributed by atoms with Gasteiger partial charge in [0, 0.05) is 50.5 Å². The van der Waals surface area contributed by atoms with Crippen molar-refractivity contribution in [1.29, 1.82) is 0 Å². The first-order valence-electron chi connectivity index (χ1n) is 24.7. The molecule has 0 atom stereocenters. The van der Waals surface area contributed by atoms with Crippen molar-refractivity contribution < 1.29 is 4.42 Å². The molecule has 5 aliphatic heterocycles. The van der Waals surface area contributed by atoms with E-state index >= 15 is 0 Å². The molecule has 11 heteroatoms. The van der Waals surface area contributed by atoms with Gasteiger partial charge in [-0.25, -0.2) is 4.90 Å². The molecule has 0 spiro atoms. The quantitative estimate of drug-likeness (QED) is 0.149. The van der Waals surface area contributed by atoms with Gasteiger partial charge in [0.1, 0.15) is 5.58 Å². The Morgan fingerprint density at radius 3 is 1.34 bits per heavy atom. The number of anilines is 6. The number of fused-ring (bicyclic) bond motifs is 6. The number of benzene rings is 9. The largest absolute Gasteiger partial charge is 0.468 e. The number of furan rings is 1. The van der Waals surface area contributed by atoms with Gasteiger partial charge in [-0.05, 0) is 100 Å². The van der Waals surface area contributed by atoms with Gasteiger partial charge in [-0.2, -0.15) is 30.0 Å². The first kappa shape index (κ1) is 41.8. The Kier molecular flexibility index (Phi) is 9.33. The smallest absolute Gasteiger partial charge is 0.297 e. The molecule has 9 aromatic carbocycles. The van der Waals surface area contributed by atoms with Gasteiger partial charge in [-0.15, -0.1) is 0 Å². The van der Waals surface area contributed by atoms with Crippen LogP contribution in [0.3, 0.4) is 0 Å². The highest BCUT2D eigenvalue weighted by Gasteiger charge is 2.47. The van der Waals surface area contributed by atoms with E-state index in [9.17, 15) is 0 Å². The van der Waals surface area contributed by atoms with E-state index in [-0.39, 0.29) is 6.71 Å². The SMILES string of the molecule is Cc1cc2c3c(c1)N(c1ccc(-c4ccccc4)cc1)c1c(oc4ccccc14)B3c1ccc(C3=NC4=NC(c5ccccc5)=NC5=NC(c6ccccc6)=NC(=N3)N54)cc1N2c1ccc(-c2ccccc2)cc1. The maximum atomic E-state index is 7.16. The van der Waals surface area contributed by atoms with Crippen LogP contribution in [0.5, 0.6) is 0 Å². The number of rotatable bonds is 7. The zero-order valence-corrected chi connectivity index (χ0v) is 39.9. The van der Waals surface area contributed by atoms with Crippen LogP contribution in [0.15, 0.2) is 259 Å². The number of hydrogen-bond donors (Lipinski definition) is 0. The van der Waals surface area contributed by atoms with E-state index in [0.29, 0.717) is 35.4 Å². The van der Waals surface area contributed by atoms with Gasteiger partial charge in [-0.3, -0.25) is 0 Å². The molecule has 15 rings (SSSR count). The van der Waals surface area contributed by atoms with E-state index in [0.717, 1.165) is 101 Å². The topological polar surface area (TPSA) is 97.0 Å². The molecule has 0 aliphatic carbocycles. The molecule has 0 N–H and O–H groups in total. The van der Waals surface area contributed by atoms with Gasteiger partial charge in [-0.1, -0.05) is 170 Å². The fraction of sp³-hybridized carbons (Fsp3) is 0.0159. The van der Waals surface area contributed by atoms with Crippen LogP contribution < -0.4 is 26.4 Å². The van der Waals surface area contributed by atoms with E-state index in [1.165, 1.54) is 5.56 Å². The fourth-order valence-corrected chi connectivity index (χ4v) is 11.0. The normalized spacial score (nSPS) is 14.9. The minimum Gasteiger partial charge on any atom is -0.468 e. The maximum Gasteiger partial charge on any atom is 0.297 e. The summed E-state index contributed by atoms with van der Waals surface area (Å²) in [5, 5.41) is 1.05. The molecular weight excluding hydrogens is 910 g/mol. The van der Waals surface area contributed by atoms with Crippen LogP contribution in [0.1, 0.15) is 22.3 Å². The summed E-state index contributed by atoms with van der Waals surface area (Å²) < 4.78 is 7.16. The van der Waals surface area contributed by atoms with Crippen molar-refractivity contribution in [3.63, 3.8) is 0 Å². The van der Waals surface area contributed by atoms with Gasteiger partial charge >= 0.3 is 0 Å². The molecule has 0 radical (unpaired) electrons. The van der Waals surface area contributed by atoms with Gasteiger partial charge in [0.05, 0.1) is 11.3 Å². The Hall–Kier alpha value is -10.00. The summed E-state index contributed by atoms with van der Waals surface area (Å²) in [5.41, 5.74) is 18.5. The second-order valence-corrected chi connectivity index (χ2v) is 18.8. The van der Waals surface area contributed by atoms with E-state index in [1.54, 1.807) is 4.90 Å². The lowest BCUT2D eigenvalue weighted by Gasteiger charge is -2.43. The Bertz CT molecular complexity index is 4090. The van der Waals surface area contributed by atoms with Crippen LogP contribution in [0.25, 0.3) is 33.2 Å². The summed E-state index contributed by atoms with van der Waals surface area (Å²) in [7, 11) is 0. The summed E-state index contributed by atoms with van der Waals surface area (Å²) >= 11 is 0. The second kappa shape index (κ2) is 16.5. The minimum absolute atomic E-state index is 0.260. The van der Waals surface area contributed by atoms with E-state index < -0.39 is 0 Å². The molecule has 0 saturated heterocycles. The fourth-order valence-electron chi connectivity index (χ4n) is 11.0. The summed E-state index contributed by atoms with van der Waals surface area (Å²) in [5.74, 6) is 2.67. The summed E-state index contributed by atoms with van der Waals surface area (Å²) in [6, 6.07) is 78.3. The van der Waals surface area contributed by atoms with Gasteiger partial charge in [0.15, 0.2) is 17.5 Å². The molecule has 5 aliphatic rings. The lowest BCUT2D eigenvalue weighted by atomic mass is 9.35. The third-order valence-electron chi connectivity index (χ3n) is 14.3. The summed E-state index contributed by atoms with van der Waals surface area (Å²) in [6.45, 7) is 1.93. The van der Waals surface area contributed by atoms with E-state index in [1.807, 2.05) is 66.7 Å². The number of para-hydroxylation sites is 1. The van der Waals surface area contributed by atoms with Crippen LogP contribution in [-0.2, 0) is 0 Å². The first-order chi connectivity index (χ1) is 36.6. The minimum atomic E-state index is -0.260. The van der Waals surface area contributed by atoms with E-state index in [4.69, 9.17) is 34.4 Å². The van der Waals surface area contributed by atoms with Gasteiger partial charge < -0.3 is 14.2 Å². The Balaban J connectivity index is 0.942. The number of aliphatic imine (C=N–C) groups is 6. The predicted molar refractivity (Wildman–Crippen MR) is 302 cm³/mol. The average molecular weight is 950 g/mol. The third-order valence-corrected chi connectivity index (χ3v) is 14.3. The van der Waals surface area contributed by atoms with Gasteiger partial charge in [0.2, 0.25) is 17.9 Å². The van der Waals surface area contributed by atoms with Crippen molar-refractivity contribution in [2.45, 2.75) is 6.92 Å². The zero-order chi connectivity index (χ0) is 48.9. The molecule has 0 saturated carbocycles. The summed E-state index contributed by atoms with van der Waals surface area (Å²) in [6.07, 6.45) is 0. The Morgan fingerprint density at radius 2 is 0.797 bits per heavy atom. The predicted octanol–water partition coefficient (Wildman–Crippen LogP) is 12.2. The van der Waals surface area contributed by atoms with Crippen LogP contribution in [0.4, 0.5) is 34.1 Å². The average Bonchev–Trinajstić information content (AvgIpc) is 3.87. The molecule has 10 aromatic rings. The maximum absolute atomic E-state index is 7.16. The van der Waals surface area contributed by atoms with Gasteiger partial charge in [0.25, 0.3) is 6.71 Å². The van der Waals surface area contributed by atoms with Crippen LogP contribution in [0.2, 0.25) is 0 Å². The van der Waals surface area contributed by atoms with E-state index in [2.05, 4.69) is 174 Å². The third kappa shape index (κ3) is 6.67. The molecule has 74 heavy (non-hydrogen) atoms. The van der Waals surface area contributed by atoms with Crippen LogP contribution >= 0.6 is 0 Å². The molecule has 1 aromatic heterocycles. The van der Waals surface area contributed by atoms with Crippen molar-refractivity contribution in [2.75, 3.05) is 9.80 Å². The number of nitrogens with zero attached hydrogens (tertiary/aromatic N) is 9. The highest BCUT2D eigenvalue weighted by Crippen LogP contribution is 2.47. The Morgan fingerprint density at radius 1 is 0.365 bits per heavy atom. The first-order valence-corrected chi connectivity index (χ1v) is 24.7. The zero-order valence-electron chi connectivity index (χ0n) is 39.9. The van der Waals surface area contributed by atoms with Crippen LogP contribution in [-0.4, -0.2) is 47.0 Å². The lowest BCUT2D eigenvalue weighted by molar-refractivity contribution is 0.651. The second-order valence-electron chi connectivity index (χ2n) is 18.8. The molecule has 0 fully saturated rings. The number of aryl methyl sites for hydroxylation is 1. The monoisotopic (exact) mass is 949 g/mol.